The Morgan fingerprint density at radius 3 is 2.81 bits per heavy atom. The maximum atomic E-state index is 10.0. The van der Waals surface area contributed by atoms with Gasteiger partial charge < -0.3 is 10.4 Å². The van der Waals surface area contributed by atoms with E-state index in [0.717, 1.165) is 17.8 Å². The van der Waals surface area contributed by atoms with Gasteiger partial charge in [0.1, 0.15) is 0 Å². The minimum absolute atomic E-state index is 0.259. The zero-order chi connectivity index (χ0) is 12.2. The summed E-state index contributed by atoms with van der Waals surface area (Å²) < 4.78 is 0. The first-order valence-electron chi connectivity index (χ1n) is 5.82. The fourth-order valence-electron chi connectivity index (χ4n) is 1.68. The number of hydrogen-bond acceptors (Lipinski definition) is 4. The van der Waals surface area contributed by atoms with E-state index >= 15 is 0 Å². The Balaban J connectivity index is 2.43. The molecular weight excluding hydrogens is 220 g/mol. The summed E-state index contributed by atoms with van der Waals surface area (Å²) in [6.45, 7) is 8.71. The van der Waals surface area contributed by atoms with E-state index in [0.29, 0.717) is 6.54 Å². The molecular formula is C12H22N2OS. The number of nitrogens with one attached hydrogen (secondary N) is 1. The Hall–Kier alpha value is -0.450. The number of nitrogens with zero attached hydrogens (tertiary/aromatic N) is 1. The smallest absolute Gasteiger partial charge is 0.0897 e. The molecule has 0 aliphatic carbocycles. The number of thiazole rings is 1. The molecule has 0 saturated heterocycles. The van der Waals surface area contributed by atoms with Crippen LogP contribution in [0.2, 0.25) is 0 Å². The molecule has 1 rings (SSSR count). The van der Waals surface area contributed by atoms with Gasteiger partial charge in [-0.25, -0.2) is 4.98 Å². The minimum Gasteiger partial charge on any atom is -0.389 e. The summed E-state index contributed by atoms with van der Waals surface area (Å²) in [7, 11) is 0. The molecule has 1 aromatic rings. The molecule has 92 valence electrons. The fraction of sp³-hybridized carbons (Fsp3) is 0.750. The Kier molecular flexibility index (Phi) is 4.89. The van der Waals surface area contributed by atoms with E-state index < -0.39 is 5.60 Å². The van der Waals surface area contributed by atoms with E-state index in [1.54, 1.807) is 11.3 Å². The first-order chi connectivity index (χ1) is 7.44. The molecule has 0 aliphatic heterocycles. The van der Waals surface area contributed by atoms with E-state index in [4.69, 9.17) is 0 Å². The molecule has 0 fully saturated rings. The highest BCUT2D eigenvalue weighted by atomic mass is 32.1. The molecule has 0 radical (unpaired) electrons. The van der Waals surface area contributed by atoms with Crippen LogP contribution >= 0.6 is 11.3 Å². The highest BCUT2D eigenvalue weighted by Crippen LogP contribution is 2.20. The molecule has 2 unspecified atom stereocenters. The molecule has 2 N–H and O–H groups in total. The van der Waals surface area contributed by atoms with Gasteiger partial charge in [-0.05, 0) is 27.2 Å². The van der Waals surface area contributed by atoms with Crippen molar-refractivity contribution in [3.63, 3.8) is 0 Å². The van der Waals surface area contributed by atoms with Gasteiger partial charge in [0.15, 0.2) is 0 Å². The topological polar surface area (TPSA) is 45.1 Å². The number of rotatable bonds is 6. The van der Waals surface area contributed by atoms with Gasteiger partial charge in [0.2, 0.25) is 0 Å². The van der Waals surface area contributed by atoms with Gasteiger partial charge in [0.25, 0.3) is 0 Å². The van der Waals surface area contributed by atoms with Crippen LogP contribution in [0.15, 0.2) is 6.20 Å². The fourth-order valence-corrected chi connectivity index (χ4v) is 2.49. The lowest BCUT2D eigenvalue weighted by Crippen LogP contribution is -2.38. The zero-order valence-electron chi connectivity index (χ0n) is 10.6. The molecule has 16 heavy (non-hydrogen) atoms. The summed E-state index contributed by atoms with van der Waals surface area (Å²) in [5.74, 6) is 0. The third-order valence-corrected chi connectivity index (χ3v) is 3.74. The lowest BCUT2D eigenvalue weighted by Gasteiger charge is -2.25. The Morgan fingerprint density at radius 1 is 1.62 bits per heavy atom. The van der Waals surface area contributed by atoms with Crippen molar-refractivity contribution in [2.75, 3.05) is 6.54 Å². The van der Waals surface area contributed by atoms with E-state index in [2.05, 4.69) is 24.1 Å². The van der Waals surface area contributed by atoms with Crippen LogP contribution in [0.5, 0.6) is 0 Å². The third-order valence-electron chi connectivity index (χ3n) is 2.64. The third kappa shape index (κ3) is 4.20. The van der Waals surface area contributed by atoms with Crippen molar-refractivity contribution >= 4 is 11.3 Å². The molecule has 0 spiro atoms. The summed E-state index contributed by atoms with van der Waals surface area (Å²) in [5.41, 5.74) is -0.608. The van der Waals surface area contributed by atoms with Crippen LogP contribution in [0, 0.1) is 6.92 Å². The van der Waals surface area contributed by atoms with Gasteiger partial charge in [0, 0.05) is 23.7 Å². The van der Waals surface area contributed by atoms with Crippen molar-refractivity contribution in [3.8, 4) is 0 Å². The van der Waals surface area contributed by atoms with Gasteiger partial charge in [0.05, 0.1) is 10.6 Å². The predicted molar refractivity (Wildman–Crippen MR) is 68.8 cm³/mol. The Morgan fingerprint density at radius 2 is 2.31 bits per heavy atom. The number of aryl methyl sites for hydroxylation is 1. The largest absolute Gasteiger partial charge is 0.389 e. The Labute approximate surface area is 102 Å². The second-order valence-electron chi connectivity index (χ2n) is 4.63. The monoisotopic (exact) mass is 242 g/mol. The predicted octanol–water partition coefficient (Wildman–Crippen LogP) is 2.65. The highest BCUT2D eigenvalue weighted by molar-refractivity contribution is 7.11. The minimum atomic E-state index is -0.608. The summed E-state index contributed by atoms with van der Waals surface area (Å²) in [6, 6.07) is 0.259. The van der Waals surface area contributed by atoms with Crippen LogP contribution in [-0.2, 0) is 0 Å². The van der Waals surface area contributed by atoms with Crippen LogP contribution in [0.1, 0.15) is 49.5 Å². The van der Waals surface area contributed by atoms with Gasteiger partial charge in [-0.3, -0.25) is 0 Å². The summed E-state index contributed by atoms with van der Waals surface area (Å²) in [5, 5.41) is 14.5. The number of aromatic nitrogens is 1. The van der Waals surface area contributed by atoms with Gasteiger partial charge in [-0.15, -0.1) is 11.3 Å². The second-order valence-corrected chi connectivity index (χ2v) is 5.90. The van der Waals surface area contributed by atoms with E-state index in [9.17, 15) is 5.11 Å². The van der Waals surface area contributed by atoms with Crippen molar-refractivity contribution in [1.29, 1.82) is 0 Å². The first-order valence-corrected chi connectivity index (χ1v) is 6.64. The van der Waals surface area contributed by atoms with Crippen LogP contribution < -0.4 is 5.32 Å². The van der Waals surface area contributed by atoms with Gasteiger partial charge in [-0.2, -0.15) is 0 Å². The Bertz CT molecular complexity index is 323. The van der Waals surface area contributed by atoms with Crippen molar-refractivity contribution in [3.05, 3.63) is 16.1 Å². The van der Waals surface area contributed by atoms with Crippen LogP contribution in [0.3, 0.4) is 0 Å². The number of aliphatic hydroxyl groups is 1. The SMILES string of the molecule is CCCC(C)(O)CNC(C)c1cnc(C)s1. The molecule has 2 atom stereocenters. The maximum absolute atomic E-state index is 10.0. The van der Waals surface area contributed by atoms with Crippen LogP contribution in [0.25, 0.3) is 0 Å². The average Bonchev–Trinajstić information content (AvgIpc) is 2.61. The lowest BCUT2D eigenvalue weighted by atomic mass is 10.0. The van der Waals surface area contributed by atoms with Crippen molar-refractivity contribution in [1.82, 2.24) is 10.3 Å². The van der Waals surface area contributed by atoms with Crippen molar-refractivity contribution in [2.24, 2.45) is 0 Å². The van der Waals surface area contributed by atoms with Crippen LogP contribution in [-0.4, -0.2) is 22.2 Å². The molecule has 0 amide bonds. The lowest BCUT2D eigenvalue weighted by molar-refractivity contribution is 0.0477. The van der Waals surface area contributed by atoms with Crippen molar-refractivity contribution in [2.45, 2.75) is 52.2 Å². The molecule has 1 heterocycles. The van der Waals surface area contributed by atoms with Gasteiger partial charge >= 0.3 is 0 Å². The summed E-state index contributed by atoms with van der Waals surface area (Å²) in [6.07, 6.45) is 3.74. The summed E-state index contributed by atoms with van der Waals surface area (Å²) >= 11 is 1.70. The zero-order valence-corrected chi connectivity index (χ0v) is 11.4. The van der Waals surface area contributed by atoms with E-state index in [1.165, 1.54) is 4.88 Å². The standard InChI is InChI=1S/C12H22N2OS/c1-5-6-12(4,15)8-14-9(2)11-7-13-10(3)16-11/h7,9,14-15H,5-6,8H2,1-4H3. The van der Waals surface area contributed by atoms with Crippen molar-refractivity contribution < 1.29 is 5.11 Å². The van der Waals surface area contributed by atoms with Crippen LogP contribution in [0.4, 0.5) is 0 Å². The number of hydrogen-bond donors (Lipinski definition) is 2. The molecule has 0 saturated carbocycles. The highest BCUT2D eigenvalue weighted by Gasteiger charge is 2.20. The molecule has 0 bridgehead atoms. The summed E-state index contributed by atoms with van der Waals surface area (Å²) in [4.78, 5) is 5.46. The van der Waals surface area contributed by atoms with E-state index in [1.807, 2.05) is 20.0 Å². The molecule has 4 heteroatoms. The first kappa shape index (κ1) is 13.6. The second kappa shape index (κ2) is 5.75. The van der Waals surface area contributed by atoms with E-state index in [-0.39, 0.29) is 6.04 Å². The quantitative estimate of drug-likeness (QED) is 0.806. The molecule has 3 nitrogen and oxygen atoms in total. The molecule has 0 aliphatic rings. The maximum Gasteiger partial charge on any atom is 0.0897 e. The molecule has 1 aromatic heterocycles. The average molecular weight is 242 g/mol. The normalized spacial score (nSPS) is 17.1. The van der Waals surface area contributed by atoms with Gasteiger partial charge in [-0.1, -0.05) is 13.3 Å². The molecule has 0 aromatic carbocycles.